The summed E-state index contributed by atoms with van der Waals surface area (Å²) >= 11 is 0. The minimum atomic E-state index is -0.225. The van der Waals surface area contributed by atoms with Gasteiger partial charge < -0.3 is 4.74 Å². The second kappa shape index (κ2) is 4.11. The highest BCUT2D eigenvalue weighted by molar-refractivity contribution is 5.90. The smallest absolute Gasteiger partial charge is 0.311 e. The van der Waals surface area contributed by atoms with Crippen molar-refractivity contribution in [2.75, 3.05) is 20.8 Å². The topological polar surface area (TPSA) is 38.8 Å². The van der Waals surface area contributed by atoms with Gasteiger partial charge in [-0.25, -0.2) is 5.06 Å². The van der Waals surface area contributed by atoms with Crippen LogP contribution in [-0.2, 0) is 14.4 Å². The molecule has 1 aliphatic heterocycles. The lowest BCUT2D eigenvalue weighted by atomic mass is 10.2. The molecule has 1 rings (SSSR count). The zero-order valence-corrected chi connectivity index (χ0v) is 7.37. The number of hydroxylamine groups is 2. The van der Waals surface area contributed by atoms with Crippen molar-refractivity contribution < 1.29 is 14.4 Å². The van der Waals surface area contributed by atoms with Crippen LogP contribution in [0.25, 0.3) is 0 Å². The Hall–Kier alpha value is -1.03. The molecular weight excluding hydrogens is 158 g/mol. The number of likely N-dealkylation sites (N-methyl/N-ethyl adjacent to an activating group) is 1. The van der Waals surface area contributed by atoms with Crippen molar-refractivity contribution in [2.45, 2.75) is 12.8 Å². The van der Waals surface area contributed by atoms with Gasteiger partial charge in [-0.15, -0.1) is 0 Å². The molecule has 1 aliphatic rings. The number of carbonyl (C=O) groups is 1. The van der Waals surface area contributed by atoms with E-state index in [1.54, 1.807) is 13.1 Å². The molecule has 0 aromatic heterocycles. The van der Waals surface area contributed by atoms with Crippen LogP contribution in [-0.4, -0.2) is 31.7 Å². The summed E-state index contributed by atoms with van der Waals surface area (Å²) < 4.78 is 5.15. The van der Waals surface area contributed by atoms with Crippen LogP contribution in [0.4, 0.5) is 0 Å². The minimum absolute atomic E-state index is 0.225. The van der Waals surface area contributed by atoms with Crippen LogP contribution in [0.3, 0.4) is 0 Å². The molecule has 4 nitrogen and oxygen atoms in total. The fourth-order valence-corrected chi connectivity index (χ4v) is 0.945. The number of rotatable bonds is 2. The normalized spacial score (nSPS) is 16.3. The summed E-state index contributed by atoms with van der Waals surface area (Å²) in [5.41, 5.74) is 0. The molecule has 0 saturated carbocycles. The summed E-state index contributed by atoms with van der Waals surface area (Å²) in [5, 5.41) is 1.15. The maximum absolute atomic E-state index is 11.3. The molecule has 0 spiro atoms. The molecule has 0 aliphatic carbocycles. The number of hydrogen-bond acceptors (Lipinski definition) is 3. The lowest BCUT2D eigenvalue weighted by Gasteiger charge is -2.18. The minimum Gasteiger partial charge on any atom is -0.488 e. The molecule has 0 radical (unpaired) electrons. The molecule has 0 atom stereocenters. The van der Waals surface area contributed by atoms with E-state index in [0.717, 1.165) is 17.9 Å². The zero-order chi connectivity index (χ0) is 8.97. The van der Waals surface area contributed by atoms with E-state index in [0.29, 0.717) is 12.4 Å². The van der Waals surface area contributed by atoms with Gasteiger partial charge in [0.2, 0.25) is 0 Å². The van der Waals surface area contributed by atoms with E-state index in [-0.39, 0.29) is 5.91 Å². The van der Waals surface area contributed by atoms with Gasteiger partial charge in [-0.1, -0.05) is 0 Å². The van der Waals surface area contributed by atoms with Crippen LogP contribution < -0.4 is 0 Å². The first-order chi connectivity index (χ1) is 5.75. The van der Waals surface area contributed by atoms with E-state index in [2.05, 4.69) is 0 Å². The first-order valence-corrected chi connectivity index (χ1v) is 3.91. The SMILES string of the molecule is CON(C)C(=O)C1=CCCCO1. The Bertz CT molecular complexity index is 200. The van der Waals surface area contributed by atoms with Gasteiger partial charge in [0.25, 0.3) is 0 Å². The molecule has 4 heteroatoms. The number of carbonyl (C=O) groups excluding carboxylic acids is 1. The van der Waals surface area contributed by atoms with Crippen molar-refractivity contribution in [2.24, 2.45) is 0 Å². The third-order valence-electron chi connectivity index (χ3n) is 1.71. The molecule has 0 N–H and O–H groups in total. The Kier molecular flexibility index (Phi) is 3.10. The lowest BCUT2D eigenvalue weighted by molar-refractivity contribution is -0.168. The molecule has 68 valence electrons. The number of nitrogens with zero attached hydrogens (tertiary/aromatic N) is 1. The van der Waals surface area contributed by atoms with Crippen molar-refractivity contribution in [3.8, 4) is 0 Å². The van der Waals surface area contributed by atoms with Crippen LogP contribution in [0.5, 0.6) is 0 Å². The second-order valence-electron chi connectivity index (χ2n) is 2.54. The molecule has 0 saturated heterocycles. The van der Waals surface area contributed by atoms with Crippen LogP contribution in [0.1, 0.15) is 12.8 Å². The fraction of sp³-hybridized carbons (Fsp3) is 0.625. The van der Waals surface area contributed by atoms with Crippen molar-refractivity contribution in [3.05, 3.63) is 11.8 Å². The van der Waals surface area contributed by atoms with Gasteiger partial charge in [0.1, 0.15) is 0 Å². The van der Waals surface area contributed by atoms with Crippen molar-refractivity contribution >= 4 is 5.91 Å². The van der Waals surface area contributed by atoms with Gasteiger partial charge in [0.05, 0.1) is 13.7 Å². The molecule has 0 aromatic rings. The van der Waals surface area contributed by atoms with Gasteiger partial charge >= 0.3 is 5.91 Å². The Labute approximate surface area is 71.7 Å². The first-order valence-electron chi connectivity index (χ1n) is 3.91. The summed E-state index contributed by atoms with van der Waals surface area (Å²) in [7, 11) is 3.00. The van der Waals surface area contributed by atoms with Crippen LogP contribution >= 0.6 is 0 Å². The number of allylic oxidation sites excluding steroid dienone is 1. The Morgan fingerprint density at radius 2 is 2.50 bits per heavy atom. The Balaban J connectivity index is 2.56. The molecule has 0 unspecified atom stereocenters. The fourth-order valence-electron chi connectivity index (χ4n) is 0.945. The highest BCUT2D eigenvalue weighted by atomic mass is 16.7. The third-order valence-corrected chi connectivity index (χ3v) is 1.71. The number of ether oxygens (including phenoxy) is 1. The van der Waals surface area contributed by atoms with Gasteiger partial charge in [0, 0.05) is 7.05 Å². The van der Waals surface area contributed by atoms with Gasteiger partial charge in [-0.05, 0) is 18.9 Å². The van der Waals surface area contributed by atoms with Crippen LogP contribution in [0.15, 0.2) is 11.8 Å². The standard InChI is InChI=1S/C8H13NO3/c1-9(11-2)8(10)7-5-3-4-6-12-7/h5H,3-4,6H2,1-2H3. The van der Waals surface area contributed by atoms with E-state index in [1.165, 1.54) is 7.11 Å². The summed E-state index contributed by atoms with van der Waals surface area (Å²) in [5.74, 6) is 0.169. The molecule has 0 bridgehead atoms. The maximum atomic E-state index is 11.3. The van der Waals surface area contributed by atoms with Crippen molar-refractivity contribution in [1.82, 2.24) is 5.06 Å². The Morgan fingerprint density at radius 3 is 3.00 bits per heavy atom. The summed E-state index contributed by atoms with van der Waals surface area (Å²) in [4.78, 5) is 16.1. The van der Waals surface area contributed by atoms with Crippen LogP contribution in [0.2, 0.25) is 0 Å². The van der Waals surface area contributed by atoms with Crippen LogP contribution in [0, 0.1) is 0 Å². The monoisotopic (exact) mass is 171 g/mol. The lowest BCUT2D eigenvalue weighted by Crippen LogP contribution is -2.28. The van der Waals surface area contributed by atoms with E-state index in [9.17, 15) is 4.79 Å². The molecule has 1 amide bonds. The summed E-state index contributed by atoms with van der Waals surface area (Å²) in [6.45, 7) is 0.620. The highest BCUT2D eigenvalue weighted by Crippen LogP contribution is 2.11. The summed E-state index contributed by atoms with van der Waals surface area (Å²) in [6, 6.07) is 0. The highest BCUT2D eigenvalue weighted by Gasteiger charge is 2.17. The molecule has 0 fully saturated rings. The number of hydrogen-bond donors (Lipinski definition) is 0. The Morgan fingerprint density at radius 1 is 1.75 bits per heavy atom. The average Bonchev–Trinajstić information content (AvgIpc) is 2.17. The molecule has 1 heterocycles. The third kappa shape index (κ3) is 1.98. The van der Waals surface area contributed by atoms with E-state index in [1.807, 2.05) is 0 Å². The predicted molar refractivity (Wildman–Crippen MR) is 43.0 cm³/mol. The summed E-state index contributed by atoms with van der Waals surface area (Å²) in [6.07, 6.45) is 3.67. The molecule has 0 aromatic carbocycles. The van der Waals surface area contributed by atoms with Gasteiger partial charge in [-0.2, -0.15) is 0 Å². The predicted octanol–water partition coefficient (Wildman–Crippen LogP) is 0.700. The van der Waals surface area contributed by atoms with Gasteiger partial charge in [-0.3, -0.25) is 9.63 Å². The second-order valence-corrected chi connectivity index (χ2v) is 2.54. The van der Waals surface area contributed by atoms with E-state index >= 15 is 0 Å². The van der Waals surface area contributed by atoms with Crippen molar-refractivity contribution in [1.29, 1.82) is 0 Å². The van der Waals surface area contributed by atoms with E-state index < -0.39 is 0 Å². The molecular formula is C8H13NO3. The first kappa shape index (κ1) is 9.06. The molecule has 12 heavy (non-hydrogen) atoms. The zero-order valence-electron chi connectivity index (χ0n) is 7.37. The quantitative estimate of drug-likeness (QED) is 0.574. The average molecular weight is 171 g/mol. The number of amides is 1. The maximum Gasteiger partial charge on any atom is 0.311 e. The largest absolute Gasteiger partial charge is 0.488 e. The van der Waals surface area contributed by atoms with Gasteiger partial charge in [0.15, 0.2) is 5.76 Å². The van der Waals surface area contributed by atoms with Crippen molar-refractivity contribution in [3.63, 3.8) is 0 Å². The van der Waals surface area contributed by atoms with E-state index in [4.69, 9.17) is 9.57 Å².